The summed E-state index contributed by atoms with van der Waals surface area (Å²) < 4.78 is 11.2. The second-order valence-electron chi connectivity index (χ2n) is 8.85. The number of aryl methyl sites for hydroxylation is 1. The average molecular weight is 533 g/mol. The van der Waals surface area contributed by atoms with Crippen molar-refractivity contribution in [2.75, 3.05) is 24.7 Å². The molecule has 0 bridgehead atoms. The van der Waals surface area contributed by atoms with E-state index < -0.39 is 5.91 Å². The first-order valence-electron chi connectivity index (χ1n) is 12.0. The summed E-state index contributed by atoms with van der Waals surface area (Å²) in [6.45, 7) is 2.15. The number of benzene rings is 3. The van der Waals surface area contributed by atoms with Gasteiger partial charge in [0.05, 0.1) is 23.7 Å². The van der Waals surface area contributed by atoms with E-state index in [1.807, 2.05) is 49.4 Å². The summed E-state index contributed by atoms with van der Waals surface area (Å²) >= 11 is 6.41. The number of carbonyl (C=O) groups excluding carboxylic acids is 2. The Morgan fingerprint density at radius 2 is 1.87 bits per heavy atom. The van der Waals surface area contributed by atoms with Crippen LogP contribution in [0.5, 0.6) is 5.75 Å². The molecule has 9 nitrogen and oxygen atoms in total. The predicted molar refractivity (Wildman–Crippen MR) is 141 cm³/mol. The molecule has 0 unspecified atom stereocenters. The third kappa shape index (κ3) is 5.39. The zero-order valence-electron chi connectivity index (χ0n) is 20.6. The SMILES string of the molecule is Cc1ccc(-c2nnc(CN3Cc4ccccc4N(C(=O)c4ccc(OCCO)cc4Cl)CC3=O)o2)cc1. The standard InChI is InChI=1S/C28H25ClN4O5/c1-18-6-8-19(9-7-18)27-31-30-25(38-27)16-32-15-20-4-2-3-5-24(20)33(17-26(32)35)28(36)22-11-10-21(14-23(22)29)37-13-12-34/h2-11,14,34H,12-13,15-17H2,1H3. The van der Waals surface area contributed by atoms with E-state index in [4.69, 9.17) is 25.9 Å². The Hall–Kier alpha value is -4.21. The molecule has 194 valence electrons. The Morgan fingerprint density at radius 1 is 1.08 bits per heavy atom. The maximum atomic E-state index is 13.6. The van der Waals surface area contributed by atoms with E-state index in [-0.39, 0.29) is 49.3 Å². The fraction of sp³-hybridized carbons (Fsp3) is 0.214. The normalized spacial score (nSPS) is 13.3. The first kappa shape index (κ1) is 25.4. The Bertz CT molecular complexity index is 1470. The molecule has 0 spiro atoms. The lowest BCUT2D eigenvalue weighted by Gasteiger charge is -2.23. The van der Waals surface area contributed by atoms with Crippen molar-refractivity contribution in [1.29, 1.82) is 0 Å². The summed E-state index contributed by atoms with van der Waals surface area (Å²) in [5.41, 5.74) is 3.57. The van der Waals surface area contributed by atoms with Crippen LogP contribution in [0.15, 0.2) is 71.1 Å². The molecule has 2 amide bonds. The van der Waals surface area contributed by atoms with Crippen LogP contribution in [0.25, 0.3) is 11.5 Å². The van der Waals surface area contributed by atoms with Crippen molar-refractivity contribution in [1.82, 2.24) is 15.1 Å². The monoisotopic (exact) mass is 532 g/mol. The van der Waals surface area contributed by atoms with Gasteiger partial charge in [-0.25, -0.2) is 0 Å². The Balaban J connectivity index is 1.38. The minimum absolute atomic E-state index is 0.103. The molecule has 0 saturated heterocycles. The summed E-state index contributed by atoms with van der Waals surface area (Å²) in [7, 11) is 0. The van der Waals surface area contributed by atoms with Crippen molar-refractivity contribution in [2.45, 2.75) is 20.0 Å². The van der Waals surface area contributed by atoms with Gasteiger partial charge in [-0.15, -0.1) is 10.2 Å². The van der Waals surface area contributed by atoms with Crippen molar-refractivity contribution in [3.8, 4) is 17.2 Å². The molecule has 0 saturated carbocycles. The molecule has 1 N–H and O–H groups in total. The fourth-order valence-corrected chi connectivity index (χ4v) is 4.46. The van der Waals surface area contributed by atoms with Gasteiger partial charge in [-0.2, -0.15) is 0 Å². The third-order valence-electron chi connectivity index (χ3n) is 6.16. The number of fused-ring (bicyclic) bond motifs is 1. The highest BCUT2D eigenvalue weighted by Gasteiger charge is 2.31. The molecule has 1 aliphatic heterocycles. The molecule has 0 radical (unpaired) electrons. The van der Waals surface area contributed by atoms with E-state index in [2.05, 4.69) is 10.2 Å². The summed E-state index contributed by atoms with van der Waals surface area (Å²) in [6.07, 6.45) is 0. The lowest BCUT2D eigenvalue weighted by molar-refractivity contribution is -0.131. The van der Waals surface area contributed by atoms with Gasteiger partial charge in [-0.3, -0.25) is 14.5 Å². The largest absolute Gasteiger partial charge is 0.491 e. The Kier molecular flexibility index (Phi) is 7.39. The van der Waals surface area contributed by atoms with Crippen molar-refractivity contribution >= 4 is 29.1 Å². The van der Waals surface area contributed by atoms with Crippen LogP contribution in [0.3, 0.4) is 0 Å². The van der Waals surface area contributed by atoms with Crippen LogP contribution in [-0.2, 0) is 17.9 Å². The molecule has 38 heavy (non-hydrogen) atoms. The third-order valence-corrected chi connectivity index (χ3v) is 6.47. The first-order valence-corrected chi connectivity index (χ1v) is 12.4. The van der Waals surface area contributed by atoms with Gasteiger partial charge in [-0.1, -0.05) is 47.5 Å². The topological polar surface area (TPSA) is 109 Å². The van der Waals surface area contributed by atoms with Crippen LogP contribution in [0.4, 0.5) is 5.69 Å². The van der Waals surface area contributed by atoms with Crippen LogP contribution >= 0.6 is 11.6 Å². The van der Waals surface area contributed by atoms with Gasteiger partial charge < -0.3 is 19.2 Å². The van der Waals surface area contributed by atoms with E-state index >= 15 is 0 Å². The predicted octanol–water partition coefficient (Wildman–Crippen LogP) is 4.26. The quantitative estimate of drug-likeness (QED) is 0.379. The smallest absolute Gasteiger partial charge is 0.260 e. The van der Waals surface area contributed by atoms with E-state index in [0.717, 1.165) is 16.7 Å². The first-order chi connectivity index (χ1) is 18.4. The molecule has 4 aromatic rings. The molecule has 10 heteroatoms. The average Bonchev–Trinajstić information content (AvgIpc) is 3.33. The van der Waals surface area contributed by atoms with Crippen LogP contribution in [-0.4, -0.2) is 51.8 Å². The molecular formula is C28H25ClN4O5. The number of ether oxygens (including phenoxy) is 1. The molecule has 0 aliphatic carbocycles. The number of hydrogen-bond donors (Lipinski definition) is 1. The minimum Gasteiger partial charge on any atom is -0.491 e. The summed E-state index contributed by atoms with van der Waals surface area (Å²) in [6, 6.07) is 19.8. The molecule has 2 heterocycles. The van der Waals surface area contributed by atoms with Crippen molar-refractivity contribution in [3.05, 3.63) is 94.3 Å². The van der Waals surface area contributed by atoms with Crippen molar-refractivity contribution in [2.24, 2.45) is 0 Å². The maximum Gasteiger partial charge on any atom is 0.260 e. The van der Waals surface area contributed by atoms with Gasteiger partial charge in [0.25, 0.3) is 5.91 Å². The van der Waals surface area contributed by atoms with Gasteiger partial charge in [0.1, 0.15) is 18.9 Å². The lowest BCUT2D eigenvalue weighted by atomic mass is 10.1. The van der Waals surface area contributed by atoms with E-state index in [0.29, 0.717) is 23.2 Å². The number of aromatic nitrogens is 2. The molecule has 0 fully saturated rings. The highest BCUT2D eigenvalue weighted by Crippen LogP contribution is 2.31. The zero-order chi connectivity index (χ0) is 26.6. The number of rotatable bonds is 7. The molecule has 5 rings (SSSR count). The Labute approximate surface area is 224 Å². The molecule has 3 aromatic carbocycles. The van der Waals surface area contributed by atoms with Gasteiger partial charge in [0.15, 0.2) is 0 Å². The Morgan fingerprint density at radius 3 is 2.63 bits per heavy atom. The van der Waals surface area contributed by atoms with Gasteiger partial charge >= 0.3 is 0 Å². The minimum atomic E-state index is -0.411. The summed E-state index contributed by atoms with van der Waals surface area (Å²) in [5, 5.41) is 17.4. The van der Waals surface area contributed by atoms with E-state index in [1.165, 1.54) is 11.0 Å². The second kappa shape index (κ2) is 11.0. The highest BCUT2D eigenvalue weighted by atomic mass is 35.5. The number of hydrogen-bond acceptors (Lipinski definition) is 7. The number of carbonyl (C=O) groups is 2. The van der Waals surface area contributed by atoms with Gasteiger partial charge in [-0.05, 0) is 48.9 Å². The number of anilines is 1. The van der Waals surface area contributed by atoms with Crippen LogP contribution < -0.4 is 9.64 Å². The van der Waals surface area contributed by atoms with Crippen LogP contribution in [0, 0.1) is 6.92 Å². The second-order valence-corrected chi connectivity index (χ2v) is 9.26. The van der Waals surface area contributed by atoms with E-state index in [9.17, 15) is 9.59 Å². The van der Waals surface area contributed by atoms with Crippen LogP contribution in [0.1, 0.15) is 27.4 Å². The number of nitrogens with zero attached hydrogens (tertiary/aromatic N) is 4. The summed E-state index contributed by atoms with van der Waals surface area (Å²) in [5.74, 6) is 0.423. The van der Waals surface area contributed by atoms with Crippen LogP contribution in [0.2, 0.25) is 5.02 Å². The van der Waals surface area contributed by atoms with Crippen molar-refractivity contribution in [3.63, 3.8) is 0 Å². The van der Waals surface area contributed by atoms with Crippen molar-refractivity contribution < 1.29 is 23.8 Å². The number of aliphatic hydroxyl groups excluding tert-OH is 1. The molecule has 1 aliphatic rings. The number of aliphatic hydroxyl groups is 1. The highest BCUT2D eigenvalue weighted by molar-refractivity contribution is 6.34. The molecule has 0 atom stereocenters. The fourth-order valence-electron chi connectivity index (χ4n) is 4.21. The van der Waals surface area contributed by atoms with Gasteiger partial charge in [0, 0.05) is 17.8 Å². The maximum absolute atomic E-state index is 13.6. The number of amides is 2. The summed E-state index contributed by atoms with van der Waals surface area (Å²) in [4.78, 5) is 30.0. The van der Waals surface area contributed by atoms with E-state index in [1.54, 1.807) is 23.1 Å². The number of halogens is 1. The molecule has 1 aromatic heterocycles. The number of para-hydroxylation sites is 1. The van der Waals surface area contributed by atoms with Gasteiger partial charge in [0.2, 0.25) is 17.7 Å². The molecular weight excluding hydrogens is 508 g/mol. The lowest BCUT2D eigenvalue weighted by Crippen LogP contribution is -2.40. The zero-order valence-corrected chi connectivity index (χ0v) is 21.4.